The lowest BCUT2D eigenvalue weighted by Crippen LogP contribution is -2.30. The minimum atomic E-state index is -2.13. The van der Waals surface area contributed by atoms with Gasteiger partial charge in [0, 0.05) is 0 Å². The maximum atomic E-state index is 11.6. The van der Waals surface area contributed by atoms with E-state index in [1.54, 1.807) is 30.3 Å². The predicted octanol–water partition coefficient (Wildman–Crippen LogP) is 2.53. The number of amides is 1. The Morgan fingerprint density at radius 3 is 2.80 bits per heavy atom. The molecule has 0 aliphatic rings. The molecule has 0 aliphatic carbocycles. The Morgan fingerprint density at radius 1 is 1.30 bits per heavy atom. The molecule has 1 aromatic heterocycles. The SMILES string of the molecule is CC(Oc1ccccc1NC(=O)B(O)O)c1cccc(C=C(C#N)n2cncn2)c1. The molecule has 10 heteroatoms. The Morgan fingerprint density at radius 2 is 2.10 bits per heavy atom. The van der Waals surface area contributed by atoms with Crippen LogP contribution in [-0.4, -0.2) is 37.7 Å². The fourth-order valence-electron chi connectivity index (χ4n) is 2.67. The van der Waals surface area contributed by atoms with Gasteiger partial charge in [0.05, 0.1) is 5.69 Å². The first-order valence-corrected chi connectivity index (χ1v) is 8.97. The van der Waals surface area contributed by atoms with E-state index in [-0.39, 0.29) is 0 Å². The van der Waals surface area contributed by atoms with Crippen LogP contribution in [0.2, 0.25) is 0 Å². The third kappa shape index (κ3) is 5.11. The van der Waals surface area contributed by atoms with Gasteiger partial charge in [-0.2, -0.15) is 10.4 Å². The van der Waals surface area contributed by atoms with Crippen LogP contribution in [0.4, 0.5) is 10.5 Å². The number of nitrogens with one attached hydrogen (secondary N) is 1. The molecule has 0 aliphatic heterocycles. The number of rotatable bonds is 7. The minimum absolute atomic E-state index is 0.314. The van der Waals surface area contributed by atoms with E-state index in [0.717, 1.165) is 11.1 Å². The molecule has 0 radical (unpaired) electrons. The first kappa shape index (κ1) is 20.8. The topological polar surface area (TPSA) is 133 Å². The Labute approximate surface area is 173 Å². The normalized spacial score (nSPS) is 12.0. The number of allylic oxidation sites excluding steroid dienone is 1. The number of nitriles is 1. The number of carbonyl (C=O) groups excluding carboxylic acids is 1. The standard InChI is InChI=1S/C20H18BN5O4/c1-14(30-19-8-3-2-7-18(19)25-20(27)21(28)29)16-6-4-5-15(9-16)10-17(11-22)26-13-23-12-24-26/h2-10,12-14,28-29H,1H3,(H,25,27). The molecule has 0 spiro atoms. The molecule has 3 N–H and O–H groups in total. The van der Waals surface area contributed by atoms with Crippen LogP contribution in [0.25, 0.3) is 11.8 Å². The number of nitrogens with zero attached hydrogens (tertiary/aromatic N) is 4. The van der Waals surface area contributed by atoms with Gasteiger partial charge in [-0.25, -0.2) is 9.67 Å². The molecule has 9 nitrogen and oxygen atoms in total. The number of ether oxygens (including phenoxy) is 1. The second-order valence-corrected chi connectivity index (χ2v) is 6.27. The molecule has 1 amide bonds. The molecule has 1 heterocycles. The summed E-state index contributed by atoms with van der Waals surface area (Å²) in [6.45, 7) is 1.84. The summed E-state index contributed by atoms with van der Waals surface area (Å²) in [4.78, 5) is 15.4. The van der Waals surface area contributed by atoms with E-state index >= 15 is 0 Å². The van der Waals surface area contributed by atoms with Crippen LogP contribution in [0, 0.1) is 11.3 Å². The maximum absolute atomic E-state index is 11.6. The molecule has 150 valence electrons. The van der Waals surface area contributed by atoms with Crippen molar-refractivity contribution in [3.63, 3.8) is 0 Å². The average molecular weight is 403 g/mol. The highest BCUT2D eigenvalue weighted by Gasteiger charge is 2.21. The van der Waals surface area contributed by atoms with Crippen molar-refractivity contribution < 1.29 is 19.6 Å². The summed E-state index contributed by atoms with van der Waals surface area (Å²) >= 11 is 0. The number of para-hydroxylation sites is 2. The Kier molecular flexibility index (Phi) is 6.59. The molecule has 1 unspecified atom stereocenters. The van der Waals surface area contributed by atoms with E-state index in [4.69, 9.17) is 14.8 Å². The van der Waals surface area contributed by atoms with Gasteiger partial charge in [0.15, 0.2) is 0 Å². The summed E-state index contributed by atoms with van der Waals surface area (Å²) in [7, 11) is -2.13. The fraction of sp³-hybridized carbons (Fsp3) is 0.100. The van der Waals surface area contributed by atoms with E-state index in [0.29, 0.717) is 17.1 Å². The second-order valence-electron chi connectivity index (χ2n) is 6.27. The first-order chi connectivity index (χ1) is 14.5. The number of benzene rings is 2. The number of aromatic nitrogens is 3. The summed E-state index contributed by atoms with van der Waals surface area (Å²) in [5.74, 6) is -0.580. The van der Waals surface area contributed by atoms with Crippen molar-refractivity contribution in [1.29, 1.82) is 5.26 Å². The molecular weight excluding hydrogens is 385 g/mol. The van der Waals surface area contributed by atoms with E-state index in [2.05, 4.69) is 21.5 Å². The molecule has 3 rings (SSSR count). The molecule has 30 heavy (non-hydrogen) atoms. The Hall–Kier alpha value is -3.94. The molecule has 1 atom stereocenters. The van der Waals surface area contributed by atoms with E-state index in [9.17, 15) is 10.1 Å². The molecule has 0 bridgehead atoms. The van der Waals surface area contributed by atoms with Crippen molar-refractivity contribution in [2.45, 2.75) is 13.0 Å². The number of carbonyl (C=O) groups is 1. The third-order valence-electron chi connectivity index (χ3n) is 4.15. The number of hydrogen-bond acceptors (Lipinski definition) is 7. The molecule has 0 saturated carbocycles. The lowest BCUT2D eigenvalue weighted by atomic mass is 9.90. The van der Waals surface area contributed by atoms with Crippen LogP contribution in [-0.2, 0) is 0 Å². The van der Waals surface area contributed by atoms with Gasteiger partial charge in [0.2, 0.25) is 0 Å². The van der Waals surface area contributed by atoms with E-state index in [1.807, 2.05) is 31.2 Å². The monoisotopic (exact) mass is 403 g/mol. The summed E-state index contributed by atoms with van der Waals surface area (Å²) in [6, 6.07) is 16.2. The van der Waals surface area contributed by atoms with Crippen LogP contribution in [0.15, 0.2) is 61.2 Å². The number of anilines is 1. The molecule has 0 fully saturated rings. The lowest BCUT2D eigenvalue weighted by molar-refractivity contribution is 0.228. The van der Waals surface area contributed by atoms with Gasteiger partial charge in [-0.05, 0) is 42.3 Å². The van der Waals surface area contributed by atoms with Gasteiger partial charge in [-0.3, -0.25) is 4.79 Å². The first-order valence-electron chi connectivity index (χ1n) is 8.97. The van der Waals surface area contributed by atoms with Crippen molar-refractivity contribution in [2.75, 3.05) is 5.32 Å². The molecule has 3 aromatic rings. The highest BCUT2D eigenvalue weighted by Crippen LogP contribution is 2.29. The van der Waals surface area contributed by atoms with Crippen LogP contribution < -0.4 is 10.1 Å². The lowest BCUT2D eigenvalue weighted by Gasteiger charge is -2.18. The largest absolute Gasteiger partial charge is 0.552 e. The Bertz CT molecular complexity index is 1090. The van der Waals surface area contributed by atoms with E-state index in [1.165, 1.54) is 17.3 Å². The zero-order chi connectivity index (χ0) is 21.5. The number of hydrogen-bond donors (Lipinski definition) is 3. The Balaban J connectivity index is 1.81. The minimum Gasteiger partial charge on any atom is -0.484 e. The summed E-state index contributed by atoms with van der Waals surface area (Å²) in [5.41, 5.74) is 2.24. The summed E-state index contributed by atoms with van der Waals surface area (Å²) < 4.78 is 7.36. The highest BCUT2D eigenvalue weighted by atomic mass is 16.5. The van der Waals surface area contributed by atoms with Crippen molar-refractivity contribution >= 4 is 30.4 Å². The van der Waals surface area contributed by atoms with Crippen molar-refractivity contribution in [2.24, 2.45) is 0 Å². The summed E-state index contributed by atoms with van der Waals surface area (Å²) in [5, 5.41) is 33.7. The van der Waals surface area contributed by atoms with Crippen molar-refractivity contribution in [3.05, 3.63) is 72.3 Å². The quantitative estimate of drug-likeness (QED) is 0.408. The maximum Gasteiger partial charge on any atom is 0.552 e. The third-order valence-corrected chi connectivity index (χ3v) is 4.15. The van der Waals surface area contributed by atoms with Crippen LogP contribution >= 0.6 is 0 Å². The van der Waals surface area contributed by atoms with Gasteiger partial charge in [0.1, 0.15) is 36.3 Å². The van der Waals surface area contributed by atoms with Gasteiger partial charge in [-0.1, -0.05) is 30.3 Å². The molecular formula is C20H18BN5O4. The van der Waals surface area contributed by atoms with Crippen molar-refractivity contribution in [3.8, 4) is 11.8 Å². The zero-order valence-corrected chi connectivity index (χ0v) is 16.0. The van der Waals surface area contributed by atoms with Crippen LogP contribution in [0.5, 0.6) is 5.75 Å². The van der Waals surface area contributed by atoms with Gasteiger partial charge in [0.25, 0.3) is 5.81 Å². The smallest absolute Gasteiger partial charge is 0.484 e. The van der Waals surface area contributed by atoms with Gasteiger partial charge >= 0.3 is 7.12 Å². The highest BCUT2D eigenvalue weighted by molar-refractivity contribution is 6.80. The molecule has 0 saturated heterocycles. The average Bonchev–Trinajstić information content (AvgIpc) is 3.28. The van der Waals surface area contributed by atoms with Gasteiger partial charge in [-0.15, -0.1) is 0 Å². The van der Waals surface area contributed by atoms with Gasteiger partial charge < -0.3 is 20.1 Å². The van der Waals surface area contributed by atoms with Crippen LogP contribution in [0.3, 0.4) is 0 Å². The zero-order valence-electron chi connectivity index (χ0n) is 16.0. The van der Waals surface area contributed by atoms with Crippen molar-refractivity contribution in [1.82, 2.24) is 14.8 Å². The second kappa shape index (κ2) is 9.51. The van der Waals surface area contributed by atoms with E-state index < -0.39 is 19.0 Å². The fourth-order valence-corrected chi connectivity index (χ4v) is 2.67. The van der Waals surface area contributed by atoms with Crippen LogP contribution in [0.1, 0.15) is 24.2 Å². The predicted molar refractivity (Wildman–Crippen MR) is 111 cm³/mol. The molecule has 2 aromatic carbocycles. The summed E-state index contributed by atoms with van der Waals surface area (Å²) in [6.07, 6.45) is 4.08.